The molecular weight excluding hydrogens is 272 g/mol. The second kappa shape index (κ2) is 5.73. The number of nitrogens with zero attached hydrogens (tertiary/aromatic N) is 2. The van der Waals surface area contributed by atoms with Crippen molar-refractivity contribution in [1.82, 2.24) is 9.80 Å². The van der Waals surface area contributed by atoms with Crippen LogP contribution in [0.2, 0.25) is 0 Å². The Morgan fingerprint density at radius 3 is 2.43 bits per heavy atom. The number of carboxylic acids is 1. The van der Waals surface area contributed by atoms with Crippen LogP contribution >= 0.6 is 0 Å². The van der Waals surface area contributed by atoms with E-state index in [4.69, 9.17) is 5.11 Å². The lowest BCUT2D eigenvalue weighted by Gasteiger charge is -2.25. The molecular formula is C15H20N2O4. The third-order valence-electron chi connectivity index (χ3n) is 3.67. The molecule has 6 heteroatoms. The van der Waals surface area contributed by atoms with E-state index in [1.165, 1.54) is 12.1 Å². The molecule has 1 saturated heterocycles. The highest BCUT2D eigenvalue weighted by Crippen LogP contribution is 2.21. The molecule has 0 bridgehead atoms. The average Bonchev–Trinajstić information content (AvgIpc) is 2.78. The van der Waals surface area contributed by atoms with Crippen LogP contribution in [0.4, 0.5) is 4.79 Å². The fourth-order valence-corrected chi connectivity index (χ4v) is 2.44. The van der Waals surface area contributed by atoms with Crippen LogP contribution in [0.1, 0.15) is 29.3 Å². The number of amides is 2. The number of rotatable bonds is 3. The van der Waals surface area contributed by atoms with Gasteiger partial charge in [0.1, 0.15) is 0 Å². The van der Waals surface area contributed by atoms with Crippen LogP contribution in [-0.4, -0.2) is 57.8 Å². The molecule has 0 spiro atoms. The van der Waals surface area contributed by atoms with Gasteiger partial charge < -0.3 is 20.0 Å². The summed E-state index contributed by atoms with van der Waals surface area (Å²) in [5, 5.41) is 18.7. The normalized spacial score (nSPS) is 21.4. The first kappa shape index (κ1) is 15.3. The summed E-state index contributed by atoms with van der Waals surface area (Å²) in [4.78, 5) is 26.2. The molecule has 1 aliphatic rings. The van der Waals surface area contributed by atoms with Crippen molar-refractivity contribution >= 4 is 12.0 Å². The first-order chi connectivity index (χ1) is 9.78. The number of carbonyl (C=O) groups excluding carboxylic acids is 1. The topological polar surface area (TPSA) is 81.1 Å². The zero-order chi connectivity index (χ0) is 15.6. The fourth-order valence-electron chi connectivity index (χ4n) is 2.44. The zero-order valence-electron chi connectivity index (χ0n) is 12.2. The van der Waals surface area contributed by atoms with Gasteiger partial charge in [0, 0.05) is 20.1 Å². The van der Waals surface area contributed by atoms with Crippen molar-refractivity contribution in [2.45, 2.75) is 25.5 Å². The molecule has 1 atom stereocenters. The van der Waals surface area contributed by atoms with E-state index in [1.54, 1.807) is 35.9 Å². The van der Waals surface area contributed by atoms with Gasteiger partial charge in [0.2, 0.25) is 0 Å². The van der Waals surface area contributed by atoms with E-state index in [-0.39, 0.29) is 11.6 Å². The quantitative estimate of drug-likeness (QED) is 0.882. The van der Waals surface area contributed by atoms with Crippen molar-refractivity contribution in [3.8, 4) is 0 Å². The Bertz CT molecular complexity index is 539. The number of benzene rings is 1. The number of carboxylic acid groups (broad SMARTS) is 1. The highest BCUT2D eigenvalue weighted by atomic mass is 16.4. The zero-order valence-corrected chi connectivity index (χ0v) is 12.2. The molecule has 0 saturated carbocycles. The smallest absolute Gasteiger partial charge is 0.335 e. The number of likely N-dealkylation sites (tertiary alicyclic amines) is 1. The molecule has 2 N–H and O–H groups in total. The maximum atomic E-state index is 12.3. The van der Waals surface area contributed by atoms with E-state index in [0.29, 0.717) is 26.1 Å². The summed E-state index contributed by atoms with van der Waals surface area (Å²) in [6.45, 7) is 3.02. The molecule has 1 fully saturated rings. The molecule has 1 unspecified atom stereocenters. The second-order valence-corrected chi connectivity index (χ2v) is 5.81. The summed E-state index contributed by atoms with van der Waals surface area (Å²) in [7, 11) is 1.69. The summed E-state index contributed by atoms with van der Waals surface area (Å²) >= 11 is 0. The van der Waals surface area contributed by atoms with Crippen molar-refractivity contribution in [2.75, 3.05) is 20.1 Å². The summed E-state index contributed by atoms with van der Waals surface area (Å²) < 4.78 is 0. The van der Waals surface area contributed by atoms with Gasteiger partial charge in [-0.1, -0.05) is 12.1 Å². The van der Waals surface area contributed by atoms with Crippen LogP contribution in [0.3, 0.4) is 0 Å². The van der Waals surface area contributed by atoms with Crippen molar-refractivity contribution in [2.24, 2.45) is 0 Å². The van der Waals surface area contributed by atoms with E-state index in [9.17, 15) is 14.7 Å². The molecule has 6 nitrogen and oxygen atoms in total. The summed E-state index contributed by atoms with van der Waals surface area (Å²) in [6.07, 6.45) is 0.583. The summed E-state index contributed by atoms with van der Waals surface area (Å²) in [5.41, 5.74) is 0.282. The molecule has 0 aliphatic carbocycles. The number of urea groups is 1. The highest BCUT2D eigenvalue weighted by molar-refractivity contribution is 5.87. The lowest BCUT2D eigenvalue weighted by atomic mass is 10.1. The Morgan fingerprint density at radius 1 is 1.33 bits per heavy atom. The lowest BCUT2D eigenvalue weighted by Crippen LogP contribution is -2.41. The van der Waals surface area contributed by atoms with Crippen molar-refractivity contribution in [1.29, 1.82) is 0 Å². The van der Waals surface area contributed by atoms with Gasteiger partial charge in [0.15, 0.2) is 0 Å². The van der Waals surface area contributed by atoms with Crippen molar-refractivity contribution in [3.05, 3.63) is 35.4 Å². The Kier molecular flexibility index (Phi) is 4.18. The third kappa shape index (κ3) is 3.72. The van der Waals surface area contributed by atoms with Crippen LogP contribution in [0.25, 0.3) is 0 Å². The molecule has 0 aromatic heterocycles. The minimum absolute atomic E-state index is 0.130. The van der Waals surface area contributed by atoms with Gasteiger partial charge in [-0.05, 0) is 31.0 Å². The molecule has 2 amide bonds. The SMILES string of the molecule is CN(Cc1ccc(C(=O)O)cc1)C(=O)N1CCC(C)(O)C1. The molecule has 1 aliphatic heterocycles. The average molecular weight is 292 g/mol. The molecule has 2 rings (SSSR count). The van der Waals surface area contributed by atoms with E-state index in [1.807, 2.05) is 0 Å². The number of aliphatic hydroxyl groups is 1. The van der Waals surface area contributed by atoms with Gasteiger partial charge in [0.05, 0.1) is 17.7 Å². The Balaban J connectivity index is 1.96. The predicted molar refractivity (Wildman–Crippen MR) is 77.1 cm³/mol. The van der Waals surface area contributed by atoms with Crippen LogP contribution in [-0.2, 0) is 6.54 Å². The molecule has 1 heterocycles. The minimum Gasteiger partial charge on any atom is -0.478 e. The van der Waals surface area contributed by atoms with E-state index in [0.717, 1.165) is 5.56 Å². The number of aromatic carboxylic acids is 1. The van der Waals surface area contributed by atoms with Gasteiger partial charge >= 0.3 is 12.0 Å². The maximum Gasteiger partial charge on any atom is 0.335 e. The molecule has 0 radical (unpaired) electrons. The second-order valence-electron chi connectivity index (χ2n) is 5.81. The van der Waals surface area contributed by atoms with Crippen LogP contribution < -0.4 is 0 Å². The maximum absolute atomic E-state index is 12.3. The molecule has 1 aromatic rings. The van der Waals surface area contributed by atoms with Crippen LogP contribution in [0, 0.1) is 0 Å². The van der Waals surface area contributed by atoms with E-state index >= 15 is 0 Å². The number of hydrogen-bond donors (Lipinski definition) is 2. The van der Waals surface area contributed by atoms with Gasteiger partial charge in [-0.2, -0.15) is 0 Å². The van der Waals surface area contributed by atoms with Gasteiger partial charge in [-0.3, -0.25) is 0 Å². The van der Waals surface area contributed by atoms with Gasteiger partial charge in [0.25, 0.3) is 0 Å². The fraction of sp³-hybridized carbons (Fsp3) is 0.467. The van der Waals surface area contributed by atoms with Gasteiger partial charge in [-0.15, -0.1) is 0 Å². The highest BCUT2D eigenvalue weighted by Gasteiger charge is 2.35. The standard InChI is InChI=1S/C15H20N2O4/c1-15(21)7-8-17(10-15)14(20)16(2)9-11-3-5-12(6-4-11)13(18)19/h3-6,21H,7-10H2,1-2H3,(H,18,19). The van der Waals surface area contributed by atoms with Crippen molar-refractivity contribution < 1.29 is 19.8 Å². The first-order valence-corrected chi connectivity index (χ1v) is 6.83. The Morgan fingerprint density at radius 2 is 1.95 bits per heavy atom. The number of carbonyl (C=O) groups is 2. The van der Waals surface area contributed by atoms with E-state index < -0.39 is 11.6 Å². The molecule has 1 aromatic carbocycles. The Labute approximate surface area is 123 Å². The number of hydrogen-bond acceptors (Lipinski definition) is 3. The monoisotopic (exact) mass is 292 g/mol. The summed E-state index contributed by atoms with van der Waals surface area (Å²) in [5.74, 6) is -0.967. The van der Waals surface area contributed by atoms with Crippen LogP contribution in [0.5, 0.6) is 0 Å². The Hall–Kier alpha value is -2.08. The largest absolute Gasteiger partial charge is 0.478 e. The number of β-amino-alcohol motifs (C(OH)–C–C–N with tert-alkyl or cyclic N) is 1. The van der Waals surface area contributed by atoms with Gasteiger partial charge in [-0.25, -0.2) is 9.59 Å². The van der Waals surface area contributed by atoms with Crippen molar-refractivity contribution in [3.63, 3.8) is 0 Å². The lowest BCUT2D eigenvalue weighted by molar-refractivity contribution is 0.0690. The van der Waals surface area contributed by atoms with Crippen LogP contribution in [0.15, 0.2) is 24.3 Å². The first-order valence-electron chi connectivity index (χ1n) is 6.83. The molecule has 114 valence electrons. The molecule has 21 heavy (non-hydrogen) atoms. The predicted octanol–water partition coefficient (Wildman–Crippen LogP) is 1.39. The summed E-state index contributed by atoms with van der Waals surface area (Å²) in [6, 6.07) is 6.32. The van der Waals surface area contributed by atoms with E-state index in [2.05, 4.69) is 0 Å². The minimum atomic E-state index is -0.967. The third-order valence-corrected chi connectivity index (χ3v) is 3.67.